The van der Waals surface area contributed by atoms with Crippen LogP contribution in [0.25, 0.3) is 10.9 Å². The maximum atomic E-state index is 12.5. The molecule has 0 radical (unpaired) electrons. The lowest BCUT2D eigenvalue weighted by molar-refractivity contribution is 0.0947. The summed E-state index contributed by atoms with van der Waals surface area (Å²) in [6.45, 7) is 0.359. The molecule has 0 spiro atoms. The summed E-state index contributed by atoms with van der Waals surface area (Å²) in [7, 11) is 3.16. The summed E-state index contributed by atoms with van der Waals surface area (Å²) in [4.78, 5) is 20.7. The molecule has 3 aromatic rings. The number of benzene rings is 2. The Morgan fingerprint density at radius 1 is 1.04 bits per heavy atom. The number of ether oxygens (including phenoxy) is 2. The molecule has 2 aromatic carbocycles. The number of carbonyl (C=O) groups excluding carboxylic acids is 1. The average Bonchev–Trinajstić information content (AvgIpc) is 2.65. The van der Waals surface area contributed by atoms with Gasteiger partial charge in [0.1, 0.15) is 12.0 Å². The molecule has 1 aromatic heterocycles. The Kier molecular flexibility index (Phi) is 4.56. The van der Waals surface area contributed by atoms with Gasteiger partial charge >= 0.3 is 0 Å². The summed E-state index contributed by atoms with van der Waals surface area (Å²) in [5.41, 5.74) is 2.00. The maximum absolute atomic E-state index is 12.5. The van der Waals surface area contributed by atoms with Crippen LogP contribution in [0.3, 0.4) is 0 Å². The third-order valence-corrected chi connectivity index (χ3v) is 3.66. The second kappa shape index (κ2) is 6.95. The Bertz CT molecular complexity index is 875. The molecule has 0 atom stereocenters. The van der Waals surface area contributed by atoms with Gasteiger partial charge in [-0.2, -0.15) is 0 Å². The molecule has 0 saturated heterocycles. The molecular weight excluding hydrogens is 306 g/mol. The lowest BCUT2D eigenvalue weighted by atomic mass is 10.1. The number of methoxy groups -OCH3 is 2. The van der Waals surface area contributed by atoms with Crippen LogP contribution in [0.1, 0.15) is 16.1 Å². The van der Waals surface area contributed by atoms with Gasteiger partial charge in [-0.05, 0) is 23.8 Å². The van der Waals surface area contributed by atoms with Crippen LogP contribution in [-0.4, -0.2) is 30.1 Å². The van der Waals surface area contributed by atoms with Gasteiger partial charge in [-0.15, -0.1) is 0 Å². The molecule has 1 N–H and O–H groups in total. The normalized spacial score (nSPS) is 10.4. The van der Waals surface area contributed by atoms with Crippen LogP contribution in [0.5, 0.6) is 11.5 Å². The quantitative estimate of drug-likeness (QED) is 0.781. The van der Waals surface area contributed by atoms with Crippen molar-refractivity contribution < 1.29 is 14.3 Å². The second-order valence-corrected chi connectivity index (χ2v) is 5.11. The molecule has 0 aliphatic rings. The van der Waals surface area contributed by atoms with Gasteiger partial charge in [0.15, 0.2) is 11.5 Å². The Labute approximate surface area is 139 Å². The fourth-order valence-electron chi connectivity index (χ4n) is 2.44. The smallest absolute Gasteiger partial charge is 0.270 e. The minimum absolute atomic E-state index is 0.247. The number of hydrogen-bond donors (Lipinski definition) is 1. The van der Waals surface area contributed by atoms with Crippen molar-refractivity contribution in [3.63, 3.8) is 0 Å². The number of hydrogen-bond acceptors (Lipinski definition) is 5. The highest BCUT2D eigenvalue weighted by Crippen LogP contribution is 2.27. The largest absolute Gasteiger partial charge is 0.493 e. The number of nitrogens with zero attached hydrogens (tertiary/aromatic N) is 2. The van der Waals surface area contributed by atoms with E-state index >= 15 is 0 Å². The number of carbonyl (C=O) groups is 1. The Balaban J connectivity index is 1.78. The molecule has 0 saturated carbocycles. The van der Waals surface area contributed by atoms with Crippen molar-refractivity contribution in [1.29, 1.82) is 0 Å². The SMILES string of the molecule is COc1ccc(CNC(=O)c2ncnc3ccccc23)cc1OC. The first kappa shape index (κ1) is 15.7. The zero-order valence-corrected chi connectivity index (χ0v) is 13.4. The molecular formula is C18H17N3O3. The van der Waals surface area contributed by atoms with E-state index in [2.05, 4.69) is 15.3 Å². The van der Waals surface area contributed by atoms with Gasteiger partial charge in [-0.25, -0.2) is 9.97 Å². The first-order valence-electron chi connectivity index (χ1n) is 7.41. The predicted molar refractivity (Wildman–Crippen MR) is 90.3 cm³/mol. The second-order valence-electron chi connectivity index (χ2n) is 5.11. The Morgan fingerprint density at radius 2 is 1.83 bits per heavy atom. The molecule has 6 heteroatoms. The number of aromatic nitrogens is 2. The summed E-state index contributed by atoms with van der Waals surface area (Å²) >= 11 is 0. The number of amides is 1. The average molecular weight is 323 g/mol. The van der Waals surface area contributed by atoms with Gasteiger partial charge in [0.25, 0.3) is 5.91 Å². The molecule has 1 heterocycles. The van der Waals surface area contributed by atoms with Crippen molar-refractivity contribution in [2.24, 2.45) is 0 Å². The number of fused-ring (bicyclic) bond motifs is 1. The summed E-state index contributed by atoms with van der Waals surface area (Å²) in [6, 6.07) is 12.9. The number of para-hydroxylation sites is 1. The zero-order valence-electron chi connectivity index (χ0n) is 13.4. The van der Waals surface area contributed by atoms with Crippen molar-refractivity contribution in [3.05, 3.63) is 60.0 Å². The van der Waals surface area contributed by atoms with Crippen LogP contribution in [0.4, 0.5) is 0 Å². The first-order valence-corrected chi connectivity index (χ1v) is 7.41. The fraction of sp³-hybridized carbons (Fsp3) is 0.167. The highest BCUT2D eigenvalue weighted by molar-refractivity contribution is 6.04. The topological polar surface area (TPSA) is 73.3 Å². The minimum atomic E-state index is -0.247. The van der Waals surface area contributed by atoms with Gasteiger partial charge < -0.3 is 14.8 Å². The van der Waals surface area contributed by atoms with Gasteiger partial charge in [0, 0.05) is 11.9 Å². The van der Waals surface area contributed by atoms with Crippen molar-refractivity contribution >= 4 is 16.8 Å². The van der Waals surface area contributed by atoms with Gasteiger partial charge in [-0.3, -0.25) is 4.79 Å². The molecule has 6 nitrogen and oxygen atoms in total. The van der Waals surface area contributed by atoms with E-state index in [4.69, 9.17) is 9.47 Å². The lowest BCUT2D eigenvalue weighted by Crippen LogP contribution is -2.24. The summed E-state index contributed by atoms with van der Waals surface area (Å²) < 4.78 is 10.5. The van der Waals surface area contributed by atoms with E-state index in [-0.39, 0.29) is 5.91 Å². The lowest BCUT2D eigenvalue weighted by Gasteiger charge is -2.10. The van der Waals surface area contributed by atoms with Crippen LogP contribution in [-0.2, 0) is 6.54 Å². The number of rotatable bonds is 5. The van der Waals surface area contributed by atoms with E-state index in [0.717, 1.165) is 16.5 Å². The van der Waals surface area contributed by atoms with Crippen LogP contribution in [0, 0.1) is 0 Å². The maximum Gasteiger partial charge on any atom is 0.270 e. The first-order chi connectivity index (χ1) is 11.7. The van der Waals surface area contributed by atoms with Crippen molar-refractivity contribution in [2.75, 3.05) is 14.2 Å². The predicted octanol–water partition coefficient (Wildman–Crippen LogP) is 2.58. The molecule has 0 aliphatic carbocycles. The van der Waals surface area contributed by atoms with Crippen LogP contribution in [0.2, 0.25) is 0 Å². The zero-order chi connectivity index (χ0) is 16.9. The van der Waals surface area contributed by atoms with E-state index < -0.39 is 0 Å². The van der Waals surface area contributed by atoms with Crippen molar-refractivity contribution in [2.45, 2.75) is 6.54 Å². The van der Waals surface area contributed by atoms with Gasteiger partial charge in [0.2, 0.25) is 0 Å². The van der Waals surface area contributed by atoms with Crippen LogP contribution in [0.15, 0.2) is 48.8 Å². The molecule has 0 aliphatic heterocycles. The molecule has 122 valence electrons. The van der Waals surface area contributed by atoms with E-state index in [1.807, 2.05) is 36.4 Å². The Morgan fingerprint density at radius 3 is 2.62 bits per heavy atom. The van der Waals surface area contributed by atoms with Crippen molar-refractivity contribution in [3.8, 4) is 11.5 Å². The Hall–Kier alpha value is -3.15. The third-order valence-electron chi connectivity index (χ3n) is 3.66. The van der Waals surface area contributed by atoms with Gasteiger partial charge in [-0.1, -0.05) is 24.3 Å². The van der Waals surface area contributed by atoms with Crippen LogP contribution < -0.4 is 14.8 Å². The summed E-state index contributed by atoms with van der Waals surface area (Å²) in [5.74, 6) is 1.02. The minimum Gasteiger partial charge on any atom is -0.493 e. The molecule has 0 fully saturated rings. The molecule has 0 unspecified atom stereocenters. The molecule has 3 rings (SSSR count). The van der Waals surface area contributed by atoms with E-state index in [1.165, 1.54) is 6.33 Å². The standard InChI is InChI=1S/C18H17N3O3/c1-23-15-8-7-12(9-16(15)24-2)10-19-18(22)17-13-5-3-4-6-14(13)20-11-21-17/h3-9,11H,10H2,1-2H3,(H,19,22). The van der Waals surface area contributed by atoms with E-state index in [0.29, 0.717) is 23.7 Å². The fourth-order valence-corrected chi connectivity index (χ4v) is 2.44. The monoisotopic (exact) mass is 323 g/mol. The number of nitrogens with one attached hydrogen (secondary N) is 1. The molecule has 24 heavy (non-hydrogen) atoms. The molecule has 0 bridgehead atoms. The summed E-state index contributed by atoms with van der Waals surface area (Å²) in [6.07, 6.45) is 1.40. The van der Waals surface area contributed by atoms with E-state index in [1.54, 1.807) is 20.3 Å². The summed E-state index contributed by atoms with van der Waals surface area (Å²) in [5, 5.41) is 3.60. The highest BCUT2D eigenvalue weighted by atomic mass is 16.5. The molecule has 1 amide bonds. The van der Waals surface area contributed by atoms with E-state index in [9.17, 15) is 4.79 Å². The highest BCUT2D eigenvalue weighted by Gasteiger charge is 2.12. The van der Waals surface area contributed by atoms with Crippen molar-refractivity contribution in [1.82, 2.24) is 15.3 Å². The van der Waals surface area contributed by atoms with Gasteiger partial charge in [0.05, 0.1) is 19.7 Å². The van der Waals surface area contributed by atoms with Crippen LogP contribution >= 0.6 is 0 Å². The third kappa shape index (κ3) is 3.12.